The number of thiazole rings is 2. The molecule has 2 aliphatic rings. The summed E-state index contributed by atoms with van der Waals surface area (Å²) in [7, 11) is 0. The van der Waals surface area contributed by atoms with Crippen LogP contribution in [0.1, 0.15) is 62.9 Å². The third-order valence-corrected chi connectivity index (χ3v) is 8.46. The van der Waals surface area contributed by atoms with Crippen LogP contribution in [-0.2, 0) is 4.79 Å². The first kappa shape index (κ1) is 20.1. The van der Waals surface area contributed by atoms with Crippen molar-refractivity contribution >= 4 is 43.9 Å². The van der Waals surface area contributed by atoms with Gasteiger partial charge in [0.1, 0.15) is 5.01 Å². The number of amides is 1. The highest BCUT2D eigenvalue weighted by Crippen LogP contribution is 2.39. The minimum atomic E-state index is -0.171. The fraction of sp³-hybridized carbons (Fsp3) is 0.522. The highest BCUT2D eigenvalue weighted by Gasteiger charge is 2.39. The molecule has 2 atom stereocenters. The zero-order valence-corrected chi connectivity index (χ0v) is 19.0. The number of benzene rings is 1. The maximum atomic E-state index is 13.8. The van der Waals surface area contributed by atoms with Crippen LogP contribution in [0.2, 0.25) is 0 Å². The summed E-state index contributed by atoms with van der Waals surface area (Å²) in [5, 5.41) is 3.98. The molecular formula is C23H28N4OS2. The zero-order chi connectivity index (χ0) is 20.5. The standard InChI is InChI=1S/C23H28N4OS2/c1-16(22(28)27(23-24-13-15-29-23)17-8-3-2-4-9-17)26-14-7-11-19(26)21-25-18-10-5-6-12-20(18)30-21/h5-6,10,12-13,15-17,19H,2-4,7-9,11,14H2,1H3. The molecule has 7 heteroatoms. The van der Waals surface area contributed by atoms with Crippen LogP contribution in [0, 0.1) is 0 Å². The van der Waals surface area contributed by atoms with Crippen molar-refractivity contribution < 1.29 is 4.79 Å². The van der Waals surface area contributed by atoms with Gasteiger partial charge in [-0.05, 0) is 51.3 Å². The van der Waals surface area contributed by atoms with E-state index in [0.29, 0.717) is 0 Å². The minimum Gasteiger partial charge on any atom is -0.284 e. The molecule has 3 aromatic rings. The highest BCUT2D eigenvalue weighted by molar-refractivity contribution is 7.18. The van der Waals surface area contributed by atoms with Gasteiger partial charge in [0.2, 0.25) is 5.91 Å². The van der Waals surface area contributed by atoms with E-state index in [9.17, 15) is 4.79 Å². The van der Waals surface area contributed by atoms with Gasteiger partial charge in [0, 0.05) is 17.6 Å². The Hall–Kier alpha value is -1.83. The summed E-state index contributed by atoms with van der Waals surface area (Å²) in [5.41, 5.74) is 1.06. The van der Waals surface area contributed by atoms with Gasteiger partial charge in [0.15, 0.2) is 5.13 Å². The number of likely N-dealkylation sites (tertiary alicyclic amines) is 1. The van der Waals surface area contributed by atoms with E-state index in [0.717, 1.165) is 47.9 Å². The molecule has 1 amide bonds. The topological polar surface area (TPSA) is 49.3 Å². The average molecular weight is 441 g/mol. The van der Waals surface area contributed by atoms with Crippen LogP contribution in [0.4, 0.5) is 5.13 Å². The smallest absolute Gasteiger partial charge is 0.246 e. The van der Waals surface area contributed by atoms with E-state index in [1.165, 1.54) is 24.0 Å². The van der Waals surface area contributed by atoms with Crippen molar-refractivity contribution in [2.45, 2.75) is 70.0 Å². The van der Waals surface area contributed by atoms with Gasteiger partial charge in [-0.2, -0.15) is 0 Å². The molecule has 1 aliphatic heterocycles. The largest absolute Gasteiger partial charge is 0.284 e. The second kappa shape index (κ2) is 8.73. The lowest BCUT2D eigenvalue weighted by Gasteiger charge is -2.37. The molecule has 3 heterocycles. The second-order valence-electron chi connectivity index (χ2n) is 8.41. The van der Waals surface area contributed by atoms with Crippen molar-refractivity contribution in [3.63, 3.8) is 0 Å². The number of hydrogen-bond donors (Lipinski definition) is 0. The number of nitrogens with zero attached hydrogens (tertiary/aromatic N) is 4. The molecule has 2 unspecified atom stereocenters. The van der Waals surface area contributed by atoms with Crippen molar-refractivity contribution in [2.24, 2.45) is 0 Å². The van der Waals surface area contributed by atoms with Crippen LogP contribution in [0.5, 0.6) is 0 Å². The summed E-state index contributed by atoms with van der Waals surface area (Å²) in [6.45, 7) is 3.03. The first-order chi connectivity index (χ1) is 14.7. The molecule has 158 valence electrons. The number of anilines is 1. The summed E-state index contributed by atoms with van der Waals surface area (Å²) >= 11 is 3.35. The van der Waals surface area contributed by atoms with Gasteiger partial charge in [-0.1, -0.05) is 31.4 Å². The van der Waals surface area contributed by atoms with E-state index in [-0.39, 0.29) is 24.0 Å². The zero-order valence-electron chi connectivity index (χ0n) is 17.4. The normalized spacial score (nSPS) is 21.8. The monoisotopic (exact) mass is 440 g/mol. The van der Waals surface area contributed by atoms with Gasteiger partial charge >= 0.3 is 0 Å². The molecule has 0 radical (unpaired) electrons. The van der Waals surface area contributed by atoms with Crippen molar-refractivity contribution in [3.8, 4) is 0 Å². The Kier molecular flexibility index (Phi) is 5.85. The van der Waals surface area contributed by atoms with Crippen LogP contribution in [-0.4, -0.2) is 39.4 Å². The lowest BCUT2D eigenvalue weighted by Crippen LogP contribution is -2.51. The molecule has 5 nitrogen and oxygen atoms in total. The van der Waals surface area contributed by atoms with Crippen molar-refractivity contribution in [1.29, 1.82) is 0 Å². The highest BCUT2D eigenvalue weighted by atomic mass is 32.1. The predicted octanol–water partition coefficient (Wildman–Crippen LogP) is 5.64. The van der Waals surface area contributed by atoms with Crippen LogP contribution in [0.15, 0.2) is 35.8 Å². The SMILES string of the molecule is CC(C(=O)N(c1nccs1)C1CCCCC1)N1CCCC1c1nc2ccccc2s1. The maximum absolute atomic E-state index is 13.8. The Bertz CT molecular complexity index is 963. The number of para-hydroxylation sites is 1. The molecule has 5 rings (SSSR count). The predicted molar refractivity (Wildman–Crippen MR) is 124 cm³/mol. The summed E-state index contributed by atoms with van der Waals surface area (Å²) < 4.78 is 1.23. The number of hydrogen-bond acceptors (Lipinski definition) is 6. The molecule has 0 bridgehead atoms. The number of carbonyl (C=O) groups is 1. The average Bonchev–Trinajstić information content (AvgIpc) is 3.53. The van der Waals surface area contributed by atoms with Gasteiger partial charge in [-0.3, -0.25) is 14.6 Å². The van der Waals surface area contributed by atoms with E-state index in [1.807, 2.05) is 22.5 Å². The Labute approximate surface area is 185 Å². The molecule has 1 aliphatic carbocycles. The van der Waals surface area contributed by atoms with Crippen molar-refractivity contribution in [1.82, 2.24) is 14.9 Å². The fourth-order valence-electron chi connectivity index (χ4n) is 5.00. The van der Waals surface area contributed by atoms with E-state index >= 15 is 0 Å². The molecule has 30 heavy (non-hydrogen) atoms. The summed E-state index contributed by atoms with van der Waals surface area (Å²) in [4.78, 5) is 27.7. The number of carbonyl (C=O) groups excluding carboxylic acids is 1. The number of rotatable bonds is 5. The van der Waals surface area contributed by atoms with E-state index in [4.69, 9.17) is 4.98 Å². The van der Waals surface area contributed by atoms with E-state index in [1.54, 1.807) is 22.7 Å². The molecule has 2 aromatic heterocycles. The molecule has 0 spiro atoms. The Balaban J connectivity index is 1.41. The van der Waals surface area contributed by atoms with Crippen molar-refractivity contribution in [2.75, 3.05) is 11.4 Å². The van der Waals surface area contributed by atoms with Gasteiger partial charge in [-0.25, -0.2) is 9.97 Å². The minimum absolute atomic E-state index is 0.171. The maximum Gasteiger partial charge on any atom is 0.246 e. The lowest BCUT2D eigenvalue weighted by molar-refractivity contribution is -0.124. The summed E-state index contributed by atoms with van der Waals surface area (Å²) in [6, 6.07) is 8.66. The second-order valence-corrected chi connectivity index (χ2v) is 10.3. The summed E-state index contributed by atoms with van der Waals surface area (Å²) in [5.74, 6) is 0.199. The fourth-order valence-corrected chi connectivity index (χ4v) is 6.84. The third kappa shape index (κ3) is 3.79. The quantitative estimate of drug-likeness (QED) is 0.515. The van der Waals surface area contributed by atoms with Crippen LogP contribution < -0.4 is 4.90 Å². The lowest BCUT2D eigenvalue weighted by atomic mass is 9.94. The van der Waals surface area contributed by atoms with Crippen LogP contribution >= 0.6 is 22.7 Å². The van der Waals surface area contributed by atoms with Gasteiger partial charge in [0.05, 0.1) is 22.3 Å². The molecular weight excluding hydrogens is 412 g/mol. The molecule has 1 aromatic carbocycles. The first-order valence-corrected chi connectivity index (χ1v) is 12.8. The van der Waals surface area contributed by atoms with Crippen LogP contribution in [0.25, 0.3) is 10.2 Å². The molecule has 0 N–H and O–H groups in total. The Morgan fingerprint density at radius 3 is 2.77 bits per heavy atom. The summed E-state index contributed by atoms with van der Waals surface area (Å²) in [6.07, 6.45) is 9.83. The van der Waals surface area contributed by atoms with E-state index < -0.39 is 0 Å². The third-order valence-electron chi connectivity index (χ3n) is 6.55. The Morgan fingerprint density at radius 1 is 1.17 bits per heavy atom. The van der Waals surface area contributed by atoms with Gasteiger partial charge < -0.3 is 0 Å². The molecule has 1 saturated heterocycles. The number of aromatic nitrogens is 2. The van der Waals surface area contributed by atoms with Crippen LogP contribution in [0.3, 0.4) is 0 Å². The van der Waals surface area contributed by atoms with Gasteiger partial charge in [-0.15, -0.1) is 22.7 Å². The van der Waals surface area contributed by atoms with Crippen molar-refractivity contribution in [3.05, 3.63) is 40.8 Å². The van der Waals surface area contributed by atoms with Gasteiger partial charge in [0.25, 0.3) is 0 Å². The first-order valence-electron chi connectivity index (χ1n) is 11.1. The Morgan fingerprint density at radius 2 is 2.00 bits per heavy atom. The molecule has 2 fully saturated rings. The molecule has 1 saturated carbocycles. The number of fused-ring (bicyclic) bond motifs is 1. The van der Waals surface area contributed by atoms with E-state index in [2.05, 4.69) is 35.0 Å².